The number of fused-ring (bicyclic) bond motifs is 1. The van der Waals surface area contributed by atoms with Gasteiger partial charge in [0.15, 0.2) is 0 Å². The van der Waals surface area contributed by atoms with Crippen molar-refractivity contribution in [3.8, 4) is 11.5 Å². The maximum atomic E-state index is 9.47. The predicted molar refractivity (Wildman–Crippen MR) is 73.2 cm³/mol. The van der Waals surface area contributed by atoms with Gasteiger partial charge in [-0.25, -0.2) is 0 Å². The fraction of sp³-hybridized carbons (Fsp3) is 0.600. The number of aromatic hydroxyl groups is 1. The maximum absolute atomic E-state index is 9.47. The molecule has 0 bridgehead atoms. The molecule has 1 heterocycles. The van der Waals surface area contributed by atoms with Crippen molar-refractivity contribution in [2.75, 3.05) is 6.54 Å². The summed E-state index contributed by atoms with van der Waals surface area (Å²) in [6.07, 6.45) is 4.61. The Hall–Kier alpha value is -1.22. The number of nitrogens with one attached hydrogen (secondary N) is 1. The molecule has 2 rings (SSSR count). The molecule has 0 saturated carbocycles. The topological polar surface area (TPSA) is 41.5 Å². The molecule has 3 heteroatoms. The van der Waals surface area contributed by atoms with Crippen LogP contribution in [0.5, 0.6) is 11.5 Å². The average molecular weight is 249 g/mol. The van der Waals surface area contributed by atoms with Gasteiger partial charge < -0.3 is 15.2 Å². The van der Waals surface area contributed by atoms with Gasteiger partial charge in [-0.2, -0.15) is 0 Å². The molecule has 0 aromatic heterocycles. The summed E-state index contributed by atoms with van der Waals surface area (Å²) in [5.74, 6) is 1.12. The minimum absolute atomic E-state index is 0.222. The summed E-state index contributed by atoms with van der Waals surface area (Å²) in [6, 6.07) is 5.98. The number of phenolic OH excluding ortho intramolecular Hbond substituents is 1. The molecule has 1 aromatic rings. The molecule has 0 spiro atoms. The highest BCUT2D eigenvalue weighted by atomic mass is 16.5. The molecular weight excluding hydrogens is 226 g/mol. The first-order valence-corrected chi connectivity index (χ1v) is 6.94. The number of hydrogen-bond acceptors (Lipinski definition) is 3. The maximum Gasteiger partial charge on any atom is 0.126 e. The van der Waals surface area contributed by atoms with E-state index in [0.29, 0.717) is 6.04 Å². The van der Waals surface area contributed by atoms with E-state index in [1.54, 1.807) is 12.1 Å². The lowest BCUT2D eigenvalue weighted by Crippen LogP contribution is -2.39. The van der Waals surface area contributed by atoms with Crippen LogP contribution < -0.4 is 10.1 Å². The summed E-state index contributed by atoms with van der Waals surface area (Å²) in [6.45, 7) is 5.30. The fourth-order valence-corrected chi connectivity index (χ4v) is 2.43. The Kier molecular flexibility index (Phi) is 4.48. The number of phenols is 1. The van der Waals surface area contributed by atoms with Gasteiger partial charge in [0.2, 0.25) is 0 Å². The van der Waals surface area contributed by atoms with Crippen LogP contribution in [0.4, 0.5) is 0 Å². The monoisotopic (exact) mass is 249 g/mol. The highest BCUT2D eigenvalue weighted by Gasteiger charge is 2.20. The molecule has 0 radical (unpaired) electrons. The molecule has 3 nitrogen and oxygen atoms in total. The van der Waals surface area contributed by atoms with E-state index in [-0.39, 0.29) is 11.9 Å². The van der Waals surface area contributed by atoms with Crippen LogP contribution >= 0.6 is 0 Å². The van der Waals surface area contributed by atoms with Gasteiger partial charge in [0.05, 0.1) is 0 Å². The van der Waals surface area contributed by atoms with E-state index in [1.807, 2.05) is 6.07 Å². The van der Waals surface area contributed by atoms with Crippen LogP contribution in [0.25, 0.3) is 0 Å². The van der Waals surface area contributed by atoms with Crippen LogP contribution in [0, 0.1) is 0 Å². The molecule has 1 aliphatic rings. The molecule has 0 fully saturated rings. The van der Waals surface area contributed by atoms with Gasteiger partial charge in [0.1, 0.15) is 17.6 Å². The van der Waals surface area contributed by atoms with E-state index in [9.17, 15) is 5.11 Å². The molecular formula is C15H23NO2. The minimum Gasteiger partial charge on any atom is -0.508 e. The molecule has 18 heavy (non-hydrogen) atoms. The third-order valence-corrected chi connectivity index (χ3v) is 3.70. The van der Waals surface area contributed by atoms with Crippen molar-refractivity contribution in [1.82, 2.24) is 5.32 Å². The number of rotatable bonds is 5. The van der Waals surface area contributed by atoms with E-state index < -0.39 is 0 Å². The first-order chi connectivity index (χ1) is 8.72. The number of benzene rings is 1. The highest BCUT2D eigenvalue weighted by Crippen LogP contribution is 2.30. The van der Waals surface area contributed by atoms with Gasteiger partial charge in [-0.15, -0.1) is 0 Å². The van der Waals surface area contributed by atoms with Crippen molar-refractivity contribution in [3.05, 3.63) is 23.8 Å². The Labute approximate surface area is 109 Å². The van der Waals surface area contributed by atoms with Crippen molar-refractivity contribution in [1.29, 1.82) is 0 Å². The van der Waals surface area contributed by atoms with Crippen molar-refractivity contribution in [3.63, 3.8) is 0 Å². The first kappa shape index (κ1) is 13.2. The summed E-state index contributed by atoms with van der Waals surface area (Å²) in [5.41, 5.74) is 1.20. The minimum atomic E-state index is 0.222. The lowest BCUT2D eigenvalue weighted by Gasteiger charge is -2.28. The van der Waals surface area contributed by atoms with Crippen molar-refractivity contribution < 1.29 is 9.84 Å². The third-order valence-electron chi connectivity index (χ3n) is 3.70. The lowest BCUT2D eigenvalue weighted by molar-refractivity contribution is 0.165. The molecule has 2 N–H and O–H groups in total. The summed E-state index contributed by atoms with van der Waals surface area (Å²) in [7, 11) is 0. The van der Waals surface area contributed by atoms with Crippen LogP contribution in [0.3, 0.4) is 0 Å². The zero-order valence-electron chi connectivity index (χ0n) is 11.3. The second kappa shape index (κ2) is 6.10. The second-order valence-electron chi connectivity index (χ2n) is 4.99. The van der Waals surface area contributed by atoms with Gasteiger partial charge in [0, 0.05) is 18.7 Å². The van der Waals surface area contributed by atoms with E-state index in [2.05, 4.69) is 19.2 Å². The largest absolute Gasteiger partial charge is 0.508 e. The first-order valence-electron chi connectivity index (χ1n) is 6.94. The fourth-order valence-electron chi connectivity index (χ4n) is 2.43. The smallest absolute Gasteiger partial charge is 0.126 e. The highest BCUT2D eigenvalue weighted by molar-refractivity contribution is 5.41. The van der Waals surface area contributed by atoms with Crippen molar-refractivity contribution in [2.45, 2.75) is 51.7 Å². The normalized spacial score (nSPS) is 18.5. The summed E-state index contributed by atoms with van der Waals surface area (Å²) in [5, 5.41) is 13.0. The Balaban J connectivity index is 1.91. The Morgan fingerprint density at radius 2 is 2.17 bits per heavy atom. The van der Waals surface area contributed by atoms with Gasteiger partial charge in [0.25, 0.3) is 0 Å². The summed E-state index contributed by atoms with van der Waals surface area (Å²) < 4.78 is 5.93. The zero-order chi connectivity index (χ0) is 13.0. The van der Waals surface area contributed by atoms with Crippen molar-refractivity contribution >= 4 is 0 Å². The molecule has 0 amide bonds. The standard InChI is InChI=1S/C15H23NO2/c1-3-12(4-2)16-10-14-8-6-11-5-7-13(17)9-15(11)18-14/h5,7,9,12,14,16-17H,3-4,6,8,10H2,1-2H3/t14-/m0/s1. The quantitative estimate of drug-likeness (QED) is 0.843. The van der Waals surface area contributed by atoms with E-state index in [1.165, 1.54) is 5.56 Å². The van der Waals surface area contributed by atoms with Crippen LogP contribution in [-0.2, 0) is 6.42 Å². The van der Waals surface area contributed by atoms with Gasteiger partial charge in [-0.1, -0.05) is 19.9 Å². The predicted octanol–water partition coefficient (Wildman–Crippen LogP) is 2.86. The van der Waals surface area contributed by atoms with Crippen molar-refractivity contribution in [2.24, 2.45) is 0 Å². The molecule has 0 unspecified atom stereocenters. The van der Waals surface area contributed by atoms with Gasteiger partial charge in [-0.3, -0.25) is 0 Å². The van der Waals surface area contributed by atoms with Crippen LogP contribution in [-0.4, -0.2) is 23.8 Å². The molecule has 0 saturated heterocycles. The average Bonchev–Trinajstić information content (AvgIpc) is 2.39. The number of hydrogen-bond donors (Lipinski definition) is 2. The lowest BCUT2D eigenvalue weighted by atomic mass is 10.0. The van der Waals surface area contributed by atoms with Gasteiger partial charge >= 0.3 is 0 Å². The Morgan fingerprint density at radius 1 is 1.39 bits per heavy atom. The van der Waals surface area contributed by atoms with Gasteiger partial charge in [-0.05, 0) is 37.3 Å². The Bertz CT molecular complexity index is 388. The zero-order valence-corrected chi connectivity index (χ0v) is 11.3. The van der Waals surface area contributed by atoms with E-state index in [4.69, 9.17) is 4.74 Å². The molecule has 100 valence electrons. The summed E-state index contributed by atoms with van der Waals surface area (Å²) >= 11 is 0. The number of aryl methyl sites for hydroxylation is 1. The summed E-state index contributed by atoms with van der Waals surface area (Å²) in [4.78, 5) is 0. The van der Waals surface area contributed by atoms with E-state index in [0.717, 1.165) is 38.0 Å². The molecule has 1 aliphatic heterocycles. The second-order valence-corrected chi connectivity index (χ2v) is 4.99. The molecule has 1 atom stereocenters. The number of ether oxygens (including phenoxy) is 1. The van der Waals surface area contributed by atoms with Crippen LogP contribution in [0.1, 0.15) is 38.7 Å². The van der Waals surface area contributed by atoms with Crippen LogP contribution in [0.15, 0.2) is 18.2 Å². The SMILES string of the molecule is CCC(CC)NC[C@@H]1CCc2ccc(O)cc2O1. The van der Waals surface area contributed by atoms with E-state index >= 15 is 0 Å². The third kappa shape index (κ3) is 3.16. The Morgan fingerprint density at radius 3 is 2.89 bits per heavy atom. The van der Waals surface area contributed by atoms with Crippen LogP contribution in [0.2, 0.25) is 0 Å². The molecule has 1 aromatic carbocycles. The molecule has 0 aliphatic carbocycles.